The molecule has 0 radical (unpaired) electrons. The minimum Gasteiger partial charge on any atom is -0.489 e. The van der Waals surface area contributed by atoms with Crippen LogP contribution in [-0.4, -0.2) is 17.1 Å². The molecule has 0 N–H and O–H groups in total. The summed E-state index contributed by atoms with van der Waals surface area (Å²) in [5.41, 5.74) is 0. The Morgan fingerprint density at radius 2 is 2.00 bits per heavy atom. The molecule has 94 valence electrons. The van der Waals surface area contributed by atoms with Gasteiger partial charge in [-0.25, -0.2) is 9.37 Å². The van der Waals surface area contributed by atoms with Crippen LogP contribution < -0.4 is 9.47 Å². The lowest BCUT2D eigenvalue weighted by Gasteiger charge is -2.09. The fraction of sp³-hybridized carbons (Fsp3) is 0.0909. The number of nitrogens with zero attached hydrogens (tertiary/aromatic N) is 2. The average molecular weight is 273 g/mol. The van der Waals surface area contributed by atoms with E-state index < -0.39 is 11.6 Å². The van der Waals surface area contributed by atoms with Gasteiger partial charge in [0.15, 0.2) is 16.7 Å². The molecular formula is C11H7ClF2N2O2. The third-order valence-electron chi connectivity index (χ3n) is 2.05. The van der Waals surface area contributed by atoms with E-state index in [0.717, 1.165) is 12.4 Å². The molecule has 1 heterocycles. The van der Waals surface area contributed by atoms with Gasteiger partial charge in [-0.2, -0.15) is 9.37 Å². The fourth-order valence-corrected chi connectivity index (χ4v) is 1.45. The van der Waals surface area contributed by atoms with Crippen molar-refractivity contribution in [3.05, 3.63) is 41.3 Å². The number of aromatic nitrogens is 2. The maximum Gasteiger partial charge on any atom is 0.267 e. The van der Waals surface area contributed by atoms with Crippen molar-refractivity contribution in [1.82, 2.24) is 9.97 Å². The fourth-order valence-electron chi connectivity index (χ4n) is 1.25. The maximum atomic E-state index is 13.4. The van der Waals surface area contributed by atoms with E-state index in [9.17, 15) is 8.78 Å². The van der Waals surface area contributed by atoms with E-state index in [4.69, 9.17) is 21.1 Å². The molecule has 0 amide bonds. The summed E-state index contributed by atoms with van der Waals surface area (Å²) in [5.74, 6) is -2.51. The Hall–Kier alpha value is -1.95. The summed E-state index contributed by atoms with van der Waals surface area (Å²) >= 11 is 5.74. The number of halogens is 3. The van der Waals surface area contributed by atoms with Crippen LogP contribution in [0.4, 0.5) is 8.78 Å². The Kier molecular flexibility index (Phi) is 3.57. The van der Waals surface area contributed by atoms with E-state index in [1.807, 2.05) is 0 Å². The zero-order valence-electron chi connectivity index (χ0n) is 9.15. The van der Waals surface area contributed by atoms with Crippen molar-refractivity contribution in [3.63, 3.8) is 0 Å². The molecule has 0 aliphatic carbocycles. The van der Waals surface area contributed by atoms with Gasteiger partial charge in [0.05, 0.1) is 7.11 Å². The molecule has 0 fully saturated rings. The molecule has 0 saturated carbocycles. The molecule has 0 atom stereocenters. The molecular weight excluding hydrogens is 266 g/mol. The van der Waals surface area contributed by atoms with Gasteiger partial charge in [-0.15, -0.1) is 0 Å². The van der Waals surface area contributed by atoms with Gasteiger partial charge in [-0.05, 0) is 12.1 Å². The highest BCUT2D eigenvalue weighted by Gasteiger charge is 2.16. The highest BCUT2D eigenvalue weighted by atomic mass is 35.5. The Bertz CT molecular complexity index is 581. The van der Waals surface area contributed by atoms with Crippen LogP contribution >= 0.6 is 11.6 Å². The van der Waals surface area contributed by atoms with Crippen molar-refractivity contribution >= 4 is 11.6 Å². The Labute approximate surface area is 106 Å². The molecule has 1 aromatic heterocycles. The predicted molar refractivity (Wildman–Crippen MR) is 60.0 cm³/mol. The summed E-state index contributed by atoms with van der Waals surface area (Å²) in [6.45, 7) is 0. The second-order valence-corrected chi connectivity index (χ2v) is 3.51. The van der Waals surface area contributed by atoms with E-state index in [2.05, 4.69) is 9.97 Å². The van der Waals surface area contributed by atoms with Gasteiger partial charge < -0.3 is 9.47 Å². The number of methoxy groups -OCH3 is 1. The first kappa shape index (κ1) is 12.5. The van der Waals surface area contributed by atoms with E-state index in [1.54, 1.807) is 0 Å². The van der Waals surface area contributed by atoms with Crippen LogP contribution in [0.15, 0.2) is 24.5 Å². The molecule has 1 aromatic carbocycles. The van der Waals surface area contributed by atoms with Crippen LogP contribution in [0.2, 0.25) is 5.15 Å². The third-order valence-corrected chi connectivity index (χ3v) is 2.32. The van der Waals surface area contributed by atoms with Crippen LogP contribution in [0.5, 0.6) is 17.4 Å². The lowest BCUT2D eigenvalue weighted by Crippen LogP contribution is -1.97. The highest BCUT2D eigenvalue weighted by molar-refractivity contribution is 6.31. The molecule has 0 aliphatic heterocycles. The average Bonchev–Trinajstić information content (AvgIpc) is 2.35. The second kappa shape index (κ2) is 5.14. The molecule has 7 heteroatoms. The summed E-state index contributed by atoms with van der Waals surface area (Å²) < 4.78 is 36.4. The van der Waals surface area contributed by atoms with Crippen LogP contribution in [-0.2, 0) is 0 Å². The van der Waals surface area contributed by atoms with Gasteiger partial charge in [0.1, 0.15) is 6.33 Å². The number of benzene rings is 1. The van der Waals surface area contributed by atoms with Gasteiger partial charge >= 0.3 is 0 Å². The van der Waals surface area contributed by atoms with E-state index in [1.165, 1.54) is 19.2 Å². The summed E-state index contributed by atoms with van der Waals surface area (Å²) in [5, 5.41) is 0.0133. The van der Waals surface area contributed by atoms with Gasteiger partial charge in [0.2, 0.25) is 11.6 Å². The van der Waals surface area contributed by atoms with Crippen molar-refractivity contribution in [2.75, 3.05) is 7.11 Å². The quantitative estimate of drug-likeness (QED) is 0.805. The predicted octanol–water partition coefficient (Wildman–Crippen LogP) is 3.21. The SMILES string of the molecule is COc1c(Cl)ncnc1Oc1cccc(F)c1F. The number of ether oxygens (including phenoxy) is 2. The van der Waals surface area contributed by atoms with Crippen LogP contribution in [0.1, 0.15) is 0 Å². The number of hydrogen-bond donors (Lipinski definition) is 0. The van der Waals surface area contributed by atoms with Crippen molar-refractivity contribution in [2.45, 2.75) is 0 Å². The van der Waals surface area contributed by atoms with E-state index >= 15 is 0 Å². The van der Waals surface area contributed by atoms with Crippen LogP contribution in [0, 0.1) is 11.6 Å². The summed E-state index contributed by atoms with van der Waals surface area (Å²) in [6.07, 6.45) is 1.12. The first-order valence-corrected chi connectivity index (χ1v) is 5.17. The number of hydrogen-bond acceptors (Lipinski definition) is 4. The van der Waals surface area contributed by atoms with Gasteiger partial charge in [0.25, 0.3) is 5.88 Å². The molecule has 0 saturated heterocycles. The van der Waals surface area contributed by atoms with Gasteiger partial charge in [-0.1, -0.05) is 17.7 Å². The monoisotopic (exact) mass is 272 g/mol. The van der Waals surface area contributed by atoms with Crippen LogP contribution in [0.25, 0.3) is 0 Å². The van der Waals surface area contributed by atoms with Crippen molar-refractivity contribution in [1.29, 1.82) is 0 Å². The Balaban J connectivity index is 2.40. The van der Waals surface area contributed by atoms with Crippen molar-refractivity contribution < 1.29 is 18.3 Å². The molecule has 2 aromatic rings. The van der Waals surface area contributed by atoms with E-state index in [0.29, 0.717) is 0 Å². The zero-order chi connectivity index (χ0) is 13.1. The summed E-state index contributed by atoms with van der Waals surface area (Å²) in [4.78, 5) is 7.42. The van der Waals surface area contributed by atoms with Crippen LogP contribution in [0.3, 0.4) is 0 Å². The number of rotatable bonds is 3. The first-order chi connectivity index (χ1) is 8.63. The van der Waals surface area contributed by atoms with Gasteiger partial charge in [0, 0.05) is 0 Å². The lowest BCUT2D eigenvalue weighted by atomic mass is 10.3. The van der Waals surface area contributed by atoms with Crippen molar-refractivity contribution in [2.24, 2.45) is 0 Å². The first-order valence-electron chi connectivity index (χ1n) is 4.80. The third kappa shape index (κ3) is 2.33. The summed E-state index contributed by atoms with van der Waals surface area (Å²) in [6, 6.07) is 3.54. The zero-order valence-corrected chi connectivity index (χ0v) is 9.91. The standard InChI is InChI=1S/C11H7ClF2N2O2/c1-17-9-10(12)15-5-16-11(9)18-7-4-2-3-6(13)8(7)14/h2-5H,1H3. The second-order valence-electron chi connectivity index (χ2n) is 3.16. The largest absolute Gasteiger partial charge is 0.489 e. The lowest BCUT2D eigenvalue weighted by molar-refractivity contribution is 0.353. The molecule has 0 aliphatic rings. The molecule has 0 bridgehead atoms. The van der Waals surface area contributed by atoms with E-state index in [-0.39, 0.29) is 22.5 Å². The molecule has 0 spiro atoms. The Morgan fingerprint density at radius 3 is 2.72 bits per heavy atom. The topological polar surface area (TPSA) is 44.2 Å². The maximum absolute atomic E-state index is 13.4. The van der Waals surface area contributed by atoms with Crippen molar-refractivity contribution in [3.8, 4) is 17.4 Å². The molecule has 18 heavy (non-hydrogen) atoms. The normalized spacial score (nSPS) is 10.2. The molecule has 4 nitrogen and oxygen atoms in total. The summed E-state index contributed by atoms with van der Waals surface area (Å²) in [7, 11) is 1.33. The Morgan fingerprint density at radius 1 is 1.22 bits per heavy atom. The molecule has 2 rings (SSSR count). The smallest absolute Gasteiger partial charge is 0.267 e. The minimum absolute atomic E-state index is 0.0133. The minimum atomic E-state index is -1.12. The van der Waals surface area contributed by atoms with Gasteiger partial charge in [-0.3, -0.25) is 0 Å². The highest BCUT2D eigenvalue weighted by Crippen LogP contribution is 2.34. The molecule has 0 unspecified atom stereocenters.